The van der Waals surface area contributed by atoms with Crippen LogP contribution in [0, 0.1) is 0 Å². The van der Waals surface area contributed by atoms with E-state index >= 15 is 0 Å². The number of nitrogens with zero attached hydrogens (tertiary/aromatic N) is 2. The molecule has 0 atom stereocenters. The van der Waals surface area contributed by atoms with Gasteiger partial charge in [-0.2, -0.15) is 0 Å². The van der Waals surface area contributed by atoms with E-state index in [0.29, 0.717) is 17.7 Å². The van der Waals surface area contributed by atoms with Gasteiger partial charge in [0.25, 0.3) is 11.5 Å². The van der Waals surface area contributed by atoms with E-state index in [9.17, 15) is 24.3 Å². The number of carbonyl (C=O) groups is 3. The molecule has 2 aromatic carbocycles. The van der Waals surface area contributed by atoms with Crippen molar-refractivity contribution in [2.24, 2.45) is 0 Å². The molecule has 3 aromatic rings. The van der Waals surface area contributed by atoms with Crippen LogP contribution in [-0.2, 0) is 29.2 Å². The van der Waals surface area contributed by atoms with Crippen LogP contribution in [0.2, 0.25) is 0 Å². The Morgan fingerprint density at radius 2 is 1.68 bits per heavy atom. The van der Waals surface area contributed by atoms with Gasteiger partial charge in [0.05, 0.1) is 19.6 Å². The standard InChI is InChI=1S/C28H27N3O6/c1-2-3-9-23(32)30-16-21-22(17-30)31(28(37)25(26(21)35)27(36)29-14-24(33)34)15-18-10-12-20(13-11-18)19-7-5-4-6-8-19/h2,4-8,10-13,35H,1,3,9,14-17H2,(H,29,36)(H,33,34). The second-order valence-electron chi connectivity index (χ2n) is 8.76. The summed E-state index contributed by atoms with van der Waals surface area (Å²) in [5, 5.41) is 21.9. The van der Waals surface area contributed by atoms with E-state index in [-0.39, 0.29) is 32.0 Å². The van der Waals surface area contributed by atoms with Gasteiger partial charge in [-0.3, -0.25) is 19.2 Å². The number of hydrogen-bond acceptors (Lipinski definition) is 5. The van der Waals surface area contributed by atoms with E-state index in [1.54, 1.807) is 6.08 Å². The van der Waals surface area contributed by atoms with Gasteiger partial charge < -0.3 is 25.0 Å². The zero-order valence-corrected chi connectivity index (χ0v) is 20.1. The summed E-state index contributed by atoms with van der Waals surface area (Å²) in [6.07, 6.45) is 2.36. The third-order valence-electron chi connectivity index (χ3n) is 6.29. The number of allylic oxidation sites excluding steroid dienone is 1. The summed E-state index contributed by atoms with van der Waals surface area (Å²) in [6.45, 7) is 3.16. The fourth-order valence-electron chi connectivity index (χ4n) is 4.38. The molecule has 4 rings (SSSR count). The normalized spacial score (nSPS) is 12.2. The van der Waals surface area contributed by atoms with E-state index in [2.05, 4.69) is 11.9 Å². The lowest BCUT2D eigenvalue weighted by atomic mass is 10.0. The Morgan fingerprint density at radius 1 is 1.00 bits per heavy atom. The number of amides is 2. The molecule has 0 saturated heterocycles. The van der Waals surface area contributed by atoms with Gasteiger partial charge in [-0.05, 0) is 23.1 Å². The fraction of sp³-hybridized carbons (Fsp3) is 0.214. The summed E-state index contributed by atoms with van der Waals surface area (Å²) in [4.78, 5) is 51.3. The Labute approximate surface area is 213 Å². The Morgan fingerprint density at radius 3 is 2.32 bits per heavy atom. The molecule has 0 spiro atoms. The van der Waals surface area contributed by atoms with Gasteiger partial charge in [-0.1, -0.05) is 60.7 Å². The lowest BCUT2D eigenvalue weighted by molar-refractivity contribution is -0.136. The molecule has 0 unspecified atom stereocenters. The number of aromatic nitrogens is 1. The molecule has 9 nitrogen and oxygen atoms in total. The zero-order chi connectivity index (χ0) is 26.5. The summed E-state index contributed by atoms with van der Waals surface area (Å²) in [5.41, 5.74) is 2.27. The van der Waals surface area contributed by atoms with Crippen LogP contribution < -0.4 is 10.9 Å². The molecule has 0 bridgehead atoms. The lowest BCUT2D eigenvalue weighted by Gasteiger charge is -2.16. The molecular formula is C28H27N3O6. The van der Waals surface area contributed by atoms with E-state index in [0.717, 1.165) is 16.7 Å². The molecular weight excluding hydrogens is 474 g/mol. The third-order valence-corrected chi connectivity index (χ3v) is 6.29. The minimum absolute atomic E-state index is 0.0313. The molecule has 1 aliphatic heterocycles. The maximum Gasteiger partial charge on any atom is 0.322 e. The quantitative estimate of drug-likeness (QED) is 0.387. The smallest absolute Gasteiger partial charge is 0.322 e. The summed E-state index contributed by atoms with van der Waals surface area (Å²) in [6, 6.07) is 17.4. The van der Waals surface area contributed by atoms with Crippen LogP contribution in [0.1, 0.15) is 40.0 Å². The van der Waals surface area contributed by atoms with Crippen molar-refractivity contribution in [3.05, 3.63) is 100.0 Å². The molecule has 9 heteroatoms. The van der Waals surface area contributed by atoms with Crippen molar-refractivity contribution in [2.75, 3.05) is 6.54 Å². The average Bonchev–Trinajstić information content (AvgIpc) is 3.35. The van der Waals surface area contributed by atoms with E-state index in [1.807, 2.05) is 54.6 Å². The zero-order valence-electron chi connectivity index (χ0n) is 20.1. The largest absolute Gasteiger partial charge is 0.506 e. The van der Waals surface area contributed by atoms with E-state index in [4.69, 9.17) is 5.11 Å². The first kappa shape index (κ1) is 25.4. The molecule has 1 aromatic heterocycles. The number of carboxylic acids is 1. The predicted octanol–water partition coefficient (Wildman–Crippen LogP) is 2.89. The maximum absolute atomic E-state index is 13.5. The first-order chi connectivity index (χ1) is 17.8. The van der Waals surface area contributed by atoms with Crippen molar-refractivity contribution in [1.82, 2.24) is 14.8 Å². The molecule has 190 valence electrons. The van der Waals surface area contributed by atoms with Gasteiger partial charge in [0, 0.05) is 17.7 Å². The second kappa shape index (κ2) is 10.9. The van der Waals surface area contributed by atoms with Gasteiger partial charge in [0.15, 0.2) is 0 Å². The molecule has 37 heavy (non-hydrogen) atoms. The molecule has 0 fully saturated rings. The number of fused-ring (bicyclic) bond motifs is 1. The van der Waals surface area contributed by atoms with Gasteiger partial charge in [0.1, 0.15) is 17.9 Å². The highest BCUT2D eigenvalue weighted by Crippen LogP contribution is 2.32. The van der Waals surface area contributed by atoms with Crippen molar-refractivity contribution < 1.29 is 24.6 Å². The molecule has 1 aliphatic rings. The van der Waals surface area contributed by atoms with Crippen LogP contribution in [0.3, 0.4) is 0 Å². The Hall–Kier alpha value is -4.66. The van der Waals surface area contributed by atoms with Crippen LogP contribution in [0.4, 0.5) is 0 Å². The van der Waals surface area contributed by atoms with Crippen LogP contribution in [0.15, 0.2) is 72.0 Å². The topological polar surface area (TPSA) is 129 Å². The van der Waals surface area contributed by atoms with Crippen molar-refractivity contribution in [1.29, 1.82) is 0 Å². The number of aliphatic carboxylic acids is 1. The van der Waals surface area contributed by atoms with Crippen LogP contribution in [0.25, 0.3) is 11.1 Å². The minimum Gasteiger partial charge on any atom is -0.506 e. The van der Waals surface area contributed by atoms with Gasteiger partial charge >= 0.3 is 5.97 Å². The average molecular weight is 502 g/mol. The Balaban J connectivity index is 1.72. The number of carbonyl (C=O) groups excluding carboxylic acids is 2. The first-order valence-corrected chi connectivity index (χ1v) is 11.8. The molecule has 0 saturated carbocycles. The summed E-state index contributed by atoms with van der Waals surface area (Å²) >= 11 is 0. The highest BCUT2D eigenvalue weighted by molar-refractivity contribution is 5.98. The number of rotatable bonds is 9. The summed E-state index contributed by atoms with van der Waals surface area (Å²) in [5.74, 6) is -2.97. The van der Waals surface area contributed by atoms with Gasteiger partial charge in [-0.25, -0.2) is 0 Å². The highest BCUT2D eigenvalue weighted by atomic mass is 16.4. The van der Waals surface area contributed by atoms with Crippen molar-refractivity contribution in [3.8, 4) is 16.9 Å². The van der Waals surface area contributed by atoms with Crippen LogP contribution >= 0.6 is 0 Å². The molecule has 2 amide bonds. The number of benzene rings is 2. The first-order valence-electron chi connectivity index (χ1n) is 11.8. The monoisotopic (exact) mass is 501 g/mol. The van der Waals surface area contributed by atoms with E-state index in [1.165, 1.54) is 9.47 Å². The van der Waals surface area contributed by atoms with E-state index < -0.39 is 35.3 Å². The maximum atomic E-state index is 13.5. The van der Waals surface area contributed by atoms with Gasteiger partial charge in [-0.15, -0.1) is 6.58 Å². The summed E-state index contributed by atoms with van der Waals surface area (Å²) in [7, 11) is 0. The highest BCUT2D eigenvalue weighted by Gasteiger charge is 2.33. The van der Waals surface area contributed by atoms with Crippen LogP contribution in [0.5, 0.6) is 5.75 Å². The number of pyridine rings is 1. The third kappa shape index (κ3) is 5.45. The number of aromatic hydroxyl groups is 1. The molecule has 2 heterocycles. The van der Waals surface area contributed by atoms with Crippen molar-refractivity contribution >= 4 is 17.8 Å². The number of carboxylic acid groups (broad SMARTS) is 1. The molecule has 3 N–H and O–H groups in total. The number of nitrogens with one attached hydrogen (secondary N) is 1. The lowest BCUT2D eigenvalue weighted by Crippen LogP contribution is -2.37. The predicted molar refractivity (Wildman–Crippen MR) is 137 cm³/mol. The molecule has 0 radical (unpaired) electrons. The minimum atomic E-state index is -1.29. The Bertz CT molecular complexity index is 1410. The molecule has 0 aliphatic carbocycles. The summed E-state index contributed by atoms with van der Waals surface area (Å²) < 4.78 is 1.38. The Kier molecular flexibility index (Phi) is 7.52. The van der Waals surface area contributed by atoms with Gasteiger partial charge in [0.2, 0.25) is 5.91 Å². The van der Waals surface area contributed by atoms with Crippen molar-refractivity contribution in [2.45, 2.75) is 32.5 Å². The van der Waals surface area contributed by atoms with Crippen molar-refractivity contribution in [3.63, 3.8) is 0 Å². The SMILES string of the molecule is C=CCCC(=O)N1Cc2c(O)c(C(=O)NCC(=O)O)c(=O)n(Cc3ccc(-c4ccccc4)cc3)c2C1. The second-order valence-corrected chi connectivity index (χ2v) is 8.76. The number of hydrogen-bond donors (Lipinski definition) is 3. The fourth-order valence-corrected chi connectivity index (χ4v) is 4.38. The van der Waals surface area contributed by atoms with Crippen LogP contribution in [-0.4, -0.2) is 44.0 Å².